The molecule has 1 heterocycles. The maximum absolute atomic E-state index is 12.1. The largest absolute Gasteiger partial charge is 0.481 e. The number of amides is 1. The van der Waals surface area contributed by atoms with Gasteiger partial charge in [-0.2, -0.15) is 0 Å². The molecule has 2 aromatic rings. The minimum absolute atomic E-state index is 0.0274. The zero-order chi connectivity index (χ0) is 17.7. The van der Waals surface area contributed by atoms with Crippen LogP contribution in [0.3, 0.4) is 0 Å². The van der Waals surface area contributed by atoms with Gasteiger partial charge in [0, 0.05) is 35.8 Å². The van der Waals surface area contributed by atoms with Gasteiger partial charge < -0.3 is 15.4 Å². The lowest BCUT2D eigenvalue weighted by atomic mass is 10.0. The Morgan fingerprint density at radius 3 is 2.79 bits per heavy atom. The van der Waals surface area contributed by atoms with Gasteiger partial charge in [-0.05, 0) is 18.1 Å². The molecule has 8 nitrogen and oxygen atoms in total. The minimum atomic E-state index is -0.931. The van der Waals surface area contributed by atoms with Crippen molar-refractivity contribution in [2.24, 2.45) is 5.92 Å². The van der Waals surface area contributed by atoms with Crippen LogP contribution < -0.4 is 5.32 Å². The van der Waals surface area contributed by atoms with Crippen LogP contribution in [0, 0.1) is 16.0 Å². The standard InChI is InChI=1S/C16H19N3O5/c1-2-3-10(16(21)22)8-18-15(20)6-11-9-17-14-5-4-12(19(23)24)7-13(11)14/h4-5,7,9-10,17H,2-3,6,8H2,1H3,(H,18,20)(H,21,22). The first-order valence-electron chi connectivity index (χ1n) is 7.66. The number of nitrogens with zero attached hydrogens (tertiary/aromatic N) is 1. The first-order chi connectivity index (χ1) is 11.4. The molecule has 24 heavy (non-hydrogen) atoms. The van der Waals surface area contributed by atoms with Crippen molar-refractivity contribution in [1.29, 1.82) is 0 Å². The van der Waals surface area contributed by atoms with E-state index in [9.17, 15) is 19.7 Å². The molecule has 0 saturated heterocycles. The highest BCUT2D eigenvalue weighted by Crippen LogP contribution is 2.24. The molecule has 0 aliphatic carbocycles. The van der Waals surface area contributed by atoms with E-state index in [2.05, 4.69) is 10.3 Å². The predicted molar refractivity (Wildman–Crippen MR) is 87.7 cm³/mol. The Balaban J connectivity index is 2.06. The molecule has 0 spiro atoms. The van der Waals surface area contributed by atoms with Crippen molar-refractivity contribution in [2.45, 2.75) is 26.2 Å². The van der Waals surface area contributed by atoms with Crippen molar-refractivity contribution in [3.8, 4) is 0 Å². The van der Waals surface area contributed by atoms with Crippen LogP contribution >= 0.6 is 0 Å². The number of aromatic amines is 1. The highest BCUT2D eigenvalue weighted by Gasteiger charge is 2.18. The molecule has 1 atom stereocenters. The van der Waals surface area contributed by atoms with Crippen LogP contribution in [0.5, 0.6) is 0 Å². The Hall–Kier alpha value is -2.90. The fourth-order valence-electron chi connectivity index (χ4n) is 2.56. The number of carbonyl (C=O) groups excluding carboxylic acids is 1. The number of rotatable bonds is 8. The molecule has 1 amide bonds. The predicted octanol–water partition coefficient (Wildman–Crippen LogP) is 2.24. The molecule has 2 rings (SSSR count). The molecular weight excluding hydrogens is 314 g/mol. The average Bonchev–Trinajstić information content (AvgIpc) is 2.93. The van der Waals surface area contributed by atoms with Crippen LogP contribution in [0.25, 0.3) is 10.9 Å². The molecule has 8 heteroatoms. The summed E-state index contributed by atoms with van der Waals surface area (Å²) in [5.74, 6) is -1.85. The number of aromatic nitrogens is 1. The summed E-state index contributed by atoms with van der Waals surface area (Å²) < 4.78 is 0. The number of carboxylic acid groups (broad SMARTS) is 1. The number of nitro benzene ring substituents is 1. The van der Waals surface area contributed by atoms with Gasteiger partial charge in [-0.1, -0.05) is 13.3 Å². The number of carbonyl (C=O) groups is 2. The summed E-state index contributed by atoms with van der Waals surface area (Å²) in [5.41, 5.74) is 1.30. The van der Waals surface area contributed by atoms with Crippen molar-refractivity contribution in [2.75, 3.05) is 6.54 Å². The molecule has 0 saturated carbocycles. The number of hydrogen-bond acceptors (Lipinski definition) is 4. The lowest BCUT2D eigenvalue weighted by molar-refractivity contribution is -0.384. The lowest BCUT2D eigenvalue weighted by Gasteiger charge is -2.12. The monoisotopic (exact) mass is 333 g/mol. The first-order valence-corrected chi connectivity index (χ1v) is 7.66. The maximum Gasteiger partial charge on any atom is 0.308 e. The molecule has 0 fully saturated rings. The molecule has 0 radical (unpaired) electrons. The van der Waals surface area contributed by atoms with E-state index in [-0.39, 0.29) is 24.6 Å². The third-order valence-electron chi connectivity index (χ3n) is 3.84. The topological polar surface area (TPSA) is 125 Å². The number of nitro groups is 1. The second kappa shape index (κ2) is 7.58. The summed E-state index contributed by atoms with van der Waals surface area (Å²) in [6, 6.07) is 4.41. The number of benzene rings is 1. The van der Waals surface area contributed by atoms with Crippen molar-refractivity contribution in [3.05, 3.63) is 40.1 Å². The number of nitrogens with one attached hydrogen (secondary N) is 2. The molecule has 1 aromatic carbocycles. The minimum Gasteiger partial charge on any atom is -0.481 e. The van der Waals surface area contributed by atoms with Crippen molar-refractivity contribution in [3.63, 3.8) is 0 Å². The Labute approximate surface area is 138 Å². The number of H-pyrrole nitrogens is 1. The molecule has 0 bridgehead atoms. The van der Waals surface area contributed by atoms with Gasteiger partial charge in [0.05, 0.1) is 17.3 Å². The SMILES string of the molecule is CCCC(CNC(=O)Cc1c[nH]c2ccc([N+](=O)[O-])cc12)C(=O)O. The van der Waals surface area contributed by atoms with Gasteiger partial charge in [0.1, 0.15) is 0 Å². The van der Waals surface area contributed by atoms with Crippen molar-refractivity contribution < 1.29 is 19.6 Å². The molecule has 0 aliphatic heterocycles. The quantitative estimate of drug-likeness (QED) is 0.504. The van der Waals surface area contributed by atoms with Crippen LogP contribution in [0.2, 0.25) is 0 Å². The second-order valence-electron chi connectivity index (χ2n) is 5.61. The fourth-order valence-corrected chi connectivity index (χ4v) is 2.56. The zero-order valence-corrected chi connectivity index (χ0v) is 13.2. The van der Waals surface area contributed by atoms with Crippen molar-refractivity contribution >= 4 is 28.5 Å². The Morgan fingerprint density at radius 1 is 1.42 bits per heavy atom. The molecule has 0 aliphatic rings. The Kier molecular flexibility index (Phi) is 5.51. The Morgan fingerprint density at radius 2 is 2.17 bits per heavy atom. The van der Waals surface area contributed by atoms with Crippen molar-refractivity contribution in [1.82, 2.24) is 10.3 Å². The van der Waals surface area contributed by atoms with E-state index in [1.807, 2.05) is 6.92 Å². The summed E-state index contributed by atoms with van der Waals surface area (Å²) >= 11 is 0. The third-order valence-corrected chi connectivity index (χ3v) is 3.84. The van der Waals surface area contributed by atoms with E-state index < -0.39 is 16.8 Å². The number of aliphatic carboxylic acids is 1. The maximum atomic E-state index is 12.1. The highest BCUT2D eigenvalue weighted by molar-refractivity contribution is 5.90. The van der Waals surface area contributed by atoms with Gasteiger partial charge in [-0.3, -0.25) is 19.7 Å². The van der Waals surface area contributed by atoms with E-state index in [0.717, 1.165) is 6.42 Å². The third kappa shape index (κ3) is 4.09. The number of carboxylic acids is 1. The van der Waals surface area contributed by atoms with Gasteiger partial charge in [-0.15, -0.1) is 0 Å². The van der Waals surface area contributed by atoms with Gasteiger partial charge in [0.15, 0.2) is 0 Å². The Bertz CT molecular complexity index is 768. The normalized spacial score (nSPS) is 12.0. The van der Waals surface area contributed by atoms with E-state index in [0.29, 0.717) is 22.9 Å². The summed E-state index contributed by atoms with van der Waals surface area (Å²) in [6.07, 6.45) is 2.88. The summed E-state index contributed by atoms with van der Waals surface area (Å²) in [6.45, 7) is 1.96. The lowest BCUT2D eigenvalue weighted by Crippen LogP contribution is -2.33. The van der Waals surface area contributed by atoms with E-state index >= 15 is 0 Å². The number of non-ortho nitro benzene ring substituents is 1. The molecule has 1 unspecified atom stereocenters. The molecule has 1 aromatic heterocycles. The van der Waals surface area contributed by atoms with E-state index in [1.165, 1.54) is 12.1 Å². The number of hydrogen-bond donors (Lipinski definition) is 3. The van der Waals surface area contributed by atoms with Crippen LogP contribution in [-0.4, -0.2) is 33.4 Å². The summed E-state index contributed by atoms with van der Waals surface area (Å²) in [5, 5.41) is 23.2. The van der Waals surface area contributed by atoms with Gasteiger partial charge >= 0.3 is 5.97 Å². The van der Waals surface area contributed by atoms with Crippen LogP contribution in [0.4, 0.5) is 5.69 Å². The van der Waals surface area contributed by atoms with Crippen LogP contribution in [0.15, 0.2) is 24.4 Å². The summed E-state index contributed by atoms with van der Waals surface area (Å²) in [7, 11) is 0. The molecule has 128 valence electrons. The second-order valence-corrected chi connectivity index (χ2v) is 5.61. The van der Waals surface area contributed by atoms with Crippen LogP contribution in [0.1, 0.15) is 25.3 Å². The van der Waals surface area contributed by atoms with Crippen LogP contribution in [-0.2, 0) is 16.0 Å². The molecular formula is C16H19N3O5. The summed E-state index contributed by atoms with van der Waals surface area (Å²) in [4.78, 5) is 36.5. The van der Waals surface area contributed by atoms with E-state index in [4.69, 9.17) is 5.11 Å². The smallest absolute Gasteiger partial charge is 0.308 e. The highest BCUT2D eigenvalue weighted by atomic mass is 16.6. The number of fused-ring (bicyclic) bond motifs is 1. The van der Waals surface area contributed by atoms with Gasteiger partial charge in [-0.25, -0.2) is 0 Å². The average molecular weight is 333 g/mol. The fraction of sp³-hybridized carbons (Fsp3) is 0.375. The zero-order valence-electron chi connectivity index (χ0n) is 13.2. The van der Waals surface area contributed by atoms with Gasteiger partial charge in [0.2, 0.25) is 5.91 Å². The van der Waals surface area contributed by atoms with Gasteiger partial charge in [0.25, 0.3) is 5.69 Å². The van der Waals surface area contributed by atoms with E-state index in [1.54, 1.807) is 12.3 Å². The molecule has 3 N–H and O–H groups in total. The first kappa shape index (κ1) is 17.5.